The number of aryl methyl sites for hydroxylation is 2. The SMILES string of the molecule is CCc1cccc(C)c1NC(=S)NNC(=O)[C@@H]1CCCN(C(N)=O)C1. The van der Waals surface area contributed by atoms with Gasteiger partial charge >= 0.3 is 6.03 Å². The molecular formula is C17H25N5O2S. The van der Waals surface area contributed by atoms with Gasteiger partial charge in [0.05, 0.1) is 5.92 Å². The third-order valence-electron chi connectivity index (χ3n) is 4.38. The van der Waals surface area contributed by atoms with Gasteiger partial charge < -0.3 is 16.0 Å². The summed E-state index contributed by atoms with van der Waals surface area (Å²) in [5.74, 6) is -0.489. The number of hydrazine groups is 1. The average molecular weight is 363 g/mol. The summed E-state index contributed by atoms with van der Waals surface area (Å²) in [5.41, 5.74) is 13.8. The third kappa shape index (κ3) is 5.06. The second-order valence-corrected chi connectivity index (χ2v) is 6.56. The first-order chi connectivity index (χ1) is 11.9. The van der Waals surface area contributed by atoms with Crippen LogP contribution in [-0.4, -0.2) is 35.0 Å². The van der Waals surface area contributed by atoms with Crippen LogP contribution in [0, 0.1) is 12.8 Å². The van der Waals surface area contributed by atoms with Crippen LogP contribution in [0.15, 0.2) is 18.2 Å². The van der Waals surface area contributed by atoms with Crippen LogP contribution in [0.25, 0.3) is 0 Å². The number of primary amides is 1. The second-order valence-electron chi connectivity index (χ2n) is 6.15. The summed E-state index contributed by atoms with van der Waals surface area (Å²) in [6, 6.07) is 5.56. The lowest BCUT2D eigenvalue weighted by atomic mass is 9.98. The van der Waals surface area contributed by atoms with Crippen molar-refractivity contribution in [2.45, 2.75) is 33.1 Å². The minimum absolute atomic E-state index is 0.199. The summed E-state index contributed by atoms with van der Waals surface area (Å²) in [6.07, 6.45) is 2.35. The van der Waals surface area contributed by atoms with E-state index in [0.29, 0.717) is 18.2 Å². The zero-order chi connectivity index (χ0) is 18.4. The van der Waals surface area contributed by atoms with E-state index < -0.39 is 6.03 Å². The highest BCUT2D eigenvalue weighted by atomic mass is 32.1. The summed E-state index contributed by atoms with van der Waals surface area (Å²) in [4.78, 5) is 25.0. The molecule has 8 heteroatoms. The number of para-hydroxylation sites is 1. The first-order valence-electron chi connectivity index (χ1n) is 8.42. The maximum atomic E-state index is 12.3. The molecule has 136 valence electrons. The summed E-state index contributed by atoms with van der Waals surface area (Å²) in [7, 11) is 0. The van der Waals surface area contributed by atoms with Gasteiger partial charge in [-0.05, 0) is 49.5 Å². The number of hydrogen-bond acceptors (Lipinski definition) is 3. The van der Waals surface area contributed by atoms with E-state index in [9.17, 15) is 9.59 Å². The molecule has 0 aliphatic carbocycles. The molecule has 1 saturated heterocycles. The maximum absolute atomic E-state index is 12.3. The number of nitrogens with two attached hydrogens (primary N) is 1. The predicted octanol–water partition coefficient (Wildman–Crippen LogP) is 1.67. The molecule has 1 aliphatic heterocycles. The Labute approximate surface area is 153 Å². The Kier molecular flexibility index (Phi) is 6.58. The van der Waals surface area contributed by atoms with Crippen molar-refractivity contribution in [2.75, 3.05) is 18.4 Å². The van der Waals surface area contributed by atoms with Gasteiger partial charge in [-0.1, -0.05) is 25.1 Å². The standard InChI is InChI=1S/C17H25N5O2S/c1-3-12-7-4-6-11(2)14(12)19-17(25)21-20-15(23)13-8-5-9-22(10-13)16(18)24/h4,6-7,13H,3,5,8-10H2,1-2H3,(H2,18,24)(H,20,23)(H2,19,21,25)/t13-/m1/s1. The van der Waals surface area contributed by atoms with E-state index >= 15 is 0 Å². The lowest BCUT2D eigenvalue weighted by Crippen LogP contribution is -2.51. The van der Waals surface area contributed by atoms with Gasteiger partial charge in [-0.3, -0.25) is 15.6 Å². The van der Waals surface area contributed by atoms with E-state index in [-0.39, 0.29) is 11.8 Å². The fourth-order valence-corrected chi connectivity index (χ4v) is 3.11. The van der Waals surface area contributed by atoms with Gasteiger partial charge in [0.2, 0.25) is 5.91 Å². The molecule has 0 radical (unpaired) electrons. The van der Waals surface area contributed by atoms with Crippen LogP contribution in [0.2, 0.25) is 0 Å². The van der Waals surface area contributed by atoms with Crippen molar-refractivity contribution in [1.29, 1.82) is 0 Å². The summed E-state index contributed by atoms with van der Waals surface area (Å²) in [5, 5.41) is 3.46. The molecular weight excluding hydrogens is 338 g/mol. The van der Waals surface area contributed by atoms with E-state index in [1.807, 2.05) is 25.1 Å². The first kappa shape index (κ1) is 19.0. The number of carbonyl (C=O) groups is 2. The number of likely N-dealkylation sites (tertiary alicyclic amines) is 1. The van der Waals surface area contributed by atoms with E-state index in [4.69, 9.17) is 18.0 Å². The zero-order valence-corrected chi connectivity index (χ0v) is 15.4. The summed E-state index contributed by atoms with van der Waals surface area (Å²) in [6.45, 7) is 5.01. The third-order valence-corrected chi connectivity index (χ3v) is 4.59. The van der Waals surface area contributed by atoms with Gasteiger partial charge in [-0.2, -0.15) is 0 Å². The lowest BCUT2D eigenvalue weighted by Gasteiger charge is -2.30. The fourth-order valence-electron chi connectivity index (χ4n) is 2.96. The number of hydrogen-bond donors (Lipinski definition) is 4. The number of anilines is 1. The molecule has 25 heavy (non-hydrogen) atoms. The summed E-state index contributed by atoms with van der Waals surface area (Å²) >= 11 is 5.27. The van der Waals surface area contributed by atoms with Crippen molar-refractivity contribution in [3.05, 3.63) is 29.3 Å². The van der Waals surface area contributed by atoms with Crippen molar-refractivity contribution >= 4 is 35.0 Å². The van der Waals surface area contributed by atoms with Gasteiger partial charge in [-0.25, -0.2) is 4.79 Å². The number of rotatable bonds is 3. The highest BCUT2D eigenvalue weighted by molar-refractivity contribution is 7.80. The van der Waals surface area contributed by atoms with E-state index in [1.54, 1.807) is 0 Å². The zero-order valence-electron chi connectivity index (χ0n) is 14.6. The van der Waals surface area contributed by atoms with Crippen LogP contribution in [0.1, 0.15) is 30.9 Å². The van der Waals surface area contributed by atoms with Gasteiger partial charge in [-0.15, -0.1) is 0 Å². The fraction of sp³-hybridized carbons (Fsp3) is 0.471. The van der Waals surface area contributed by atoms with Crippen molar-refractivity contribution in [1.82, 2.24) is 15.8 Å². The van der Waals surface area contributed by atoms with Crippen LogP contribution in [0.3, 0.4) is 0 Å². The highest BCUT2D eigenvalue weighted by Crippen LogP contribution is 2.21. The van der Waals surface area contributed by atoms with E-state index in [1.165, 1.54) is 4.90 Å². The smallest absolute Gasteiger partial charge is 0.314 e. The number of nitrogens with zero attached hydrogens (tertiary/aromatic N) is 1. The Morgan fingerprint density at radius 2 is 2.12 bits per heavy atom. The van der Waals surface area contributed by atoms with Gasteiger partial charge in [0.15, 0.2) is 5.11 Å². The highest BCUT2D eigenvalue weighted by Gasteiger charge is 2.27. The van der Waals surface area contributed by atoms with Crippen molar-refractivity contribution in [3.8, 4) is 0 Å². The molecule has 5 N–H and O–H groups in total. The van der Waals surface area contributed by atoms with E-state index in [2.05, 4.69) is 23.1 Å². The first-order valence-corrected chi connectivity index (χ1v) is 8.83. The molecule has 0 spiro atoms. The van der Waals surface area contributed by atoms with Crippen LogP contribution in [0.5, 0.6) is 0 Å². The summed E-state index contributed by atoms with van der Waals surface area (Å²) < 4.78 is 0. The molecule has 1 atom stereocenters. The number of nitrogens with one attached hydrogen (secondary N) is 3. The second kappa shape index (κ2) is 8.66. The molecule has 1 aromatic rings. The molecule has 2 rings (SSSR count). The van der Waals surface area contributed by atoms with Gasteiger partial charge in [0.1, 0.15) is 0 Å². The molecule has 0 aromatic heterocycles. The van der Waals surface area contributed by atoms with Crippen molar-refractivity contribution in [2.24, 2.45) is 11.7 Å². The molecule has 0 unspecified atom stereocenters. The Morgan fingerprint density at radius 1 is 1.36 bits per heavy atom. The quantitative estimate of drug-likeness (QED) is 0.484. The van der Waals surface area contributed by atoms with Crippen molar-refractivity contribution in [3.63, 3.8) is 0 Å². The Morgan fingerprint density at radius 3 is 2.80 bits per heavy atom. The number of carbonyl (C=O) groups excluding carboxylic acids is 2. The van der Waals surface area contributed by atoms with Crippen LogP contribution < -0.4 is 21.9 Å². The molecule has 0 bridgehead atoms. The number of piperidine rings is 1. The molecule has 1 aromatic carbocycles. The van der Waals surface area contributed by atoms with Crippen LogP contribution in [-0.2, 0) is 11.2 Å². The van der Waals surface area contributed by atoms with Gasteiger partial charge in [0, 0.05) is 18.8 Å². The predicted molar refractivity (Wildman–Crippen MR) is 102 cm³/mol. The maximum Gasteiger partial charge on any atom is 0.314 e. The Bertz CT molecular complexity index is 664. The molecule has 1 aliphatic rings. The normalized spacial score (nSPS) is 16.9. The van der Waals surface area contributed by atoms with Gasteiger partial charge in [0.25, 0.3) is 0 Å². The number of amides is 3. The monoisotopic (exact) mass is 363 g/mol. The number of benzene rings is 1. The van der Waals surface area contributed by atoms with Crippen LogP contribution >= 0.6 is 12.2 Å². The minimum atomic E-state index is -0.491. The Balaban J connectivity index is 1.88. The van der Waals surface area contributed by atoms with Crippen molar-refractivity contribution < 1.29 is 9.59 Å². The molecule has 1 fully saturated rings. The molecule has 0 saturated carbocycles. The molecule has 3 amide bonds. The number of urea groups is 1. The van der Waals surface area contributed by atoms with E-state index in [0.717, 1.165) is 36.1 Å². The number of thiocarbonyl (C=S) groups is 1. The largest absolute Gasteiger partial charge is 0.351 e. The topological polar surface area (TPSA) is 99.5 Å². The molecule has 1 heterocycles. The van der Waals surface area contributed by atoms with Crippen LogP contribution in [0.4, 0.5) is 10.5 Å². The average Bonchev–Trinajstić information content (AvgIpc) is 2.61. The minimum Gasteiger partial charge on any atom is -0.351 e. The Hall–Kier alpha value is -2.35. The lowest BCUT2D eigenvalue weighted by molar-refractivity contribution is -0.126. The molecule has 7 nitrogen and oxygen atoms in total.